The highest BCUT2D eigenvalue weighted by atomic mass is 16.6. The van der Waals surface area contributed by atoms with E-state index in [0.717, 1.165) is 36.9 Å². The molecule has 1 saturated carbocycles. The van der Waals surface area contributed by atoms with Crippen molar-refractivity contribution in [1.29, 1.82) is 0 Å². The Morgan fingerprint density at radius 3 is 2.68 bits per heavy atom. The molecule has 0 spiro atoms. The van der Waals surface area contributed by atoms with Crippen LogP contribution in [-0.2, 0) is 16.0 Å². The summed E-state index contributed by atoms with van der Waals surface area (Å²) in [6.07, 6.45) is 5.24. The van der Waals surface area contributed by atoms with Crippen LogP contribution in [0.25, 0.3) is 0 Å². The number of anilines is 1. The molecule has 0 aromatic heterocycles. The zero-order valence-electron chi connectivity index (χ0n) is 18.8. The van der Waals surface area contributed by atoms with Crippen LogP contribution < -0.4 is 10.2 Å². The van der Waals surface area contributed by atoms with Gasteiger partial charge < -0.3 is 19.9 Å². The van der Waals surface area contributed by atoms with Gasteiger partial charge in [-0.05, 0) is 76.6 Å². The molecule has 1 aromatic rings. The van der Waals surface area contributed by atoms with Crippen LogP contribution in [0.2, 0.25) is 0 Å². The SMILES string of the molecule is C=CC(=O)N1CCCc2c(C(=O)NCCCN(C(=O)OC(C)(C)C)C3CC3)cccc21. The van der Waals surface area contributed by atoms with Crippen molar-refractivity contribution in [3.63, 3.8) is 0 Å². The lowest BCUT2D eigenvalue weighted by Gasteiger charge is -2.30. The number of nitrogens with one attached hydrogen (secondary N) is 1. The van der Waals surface area contributed by atoms with Crippen LogP contribution >= 0.6 is 0 Å². The molecule has 0 unspecified atom stereocenters. The second-order valence-corrected chi connectivity index (χ2v) is 9.12. The van der Waals surface area contributed by atoms with E-state index in [1.54, 1.807) is 21.9 Å². The fourth-order valence-electron chi connectivity index (χ4n) is 3.85. The molecule has 7 nitrogen and oxygen atoms in total. The number of carbonyl (C=O) groups is 3. The molecule has 1 aliphatic carbocycles. The molecule has 1 N–H and O–H groups in total. The minimum absolute atomic E-state index is 0.152. The maximum atomic E-state index is 12.8. The number of ether oxygens (including phenoxy) is 1. The van der Waals surface area contributed by atoms with Crippen molar-refractivity contribution in [1.82, 2.24) is 10.2 Å². The van der Waals surface area contributed by atoms with E-state index >= 15 is 0 Å². The van der Waals surface area contributed by atoms with Crippen LogP contribution in [0, 0.1) is 0 Å². The Morgan fingerprint density at radius 1 is 1.29 bits per heavy atom. The summed E-state index contributed by atoms with van der Waals surface area (Å²) in [5, 5.41) is 2.97. The van der Waals surface area contributed by atoms with E-state index in [1.807, 2.05) is 26.8 Å². The number of hydrogen-bond acceptors (Lipinski definition) is 4. The normalized spacial score (nSPS) is 15.6. The predicted molar refractivity (Wildman–Crippen MR) is 120 cm³/mol. The van der Waals surface area contributed by atoms with Gasteiger partial charge in [0.15, 0.2) is 0 Å². The standard InChI is InChI=1S/C24H33N3O4/c1-5-21(28)27-15-7-10-18-19(9-6-11-20(18)27)22(29)25-14-8-16-26(17-12-13-17)23(30)31-24(2,3)4/h5-6,9,11,17H,1,7-8,10,12-16H2,2-4H3,(H,25,29). The fourth-order valence-corrected chi connectivity index (χ4v) is 3.85. The van der Waals surface area contributed by atoms with Gasteiger partial charge in [0, 0.05) is 36.9 Å². The third-order valence-electron chi connectivity index (χ3n) is 5.41. The summed E-state index contributed by atoms with van der Waals surface area (Å²) in [6.45, 7) is 10.8. The number of amides is 3. The number of hydrogen-bond donors (Lipinski definition) is 1. The van der Waals surface area contributed by atoms with Crippen LogP contribution in [-0.4, -0.2) is 54.1 Å². The number of carbonyl (C=O) groups excluding carboxylic acids is 3. The van der Waals surface area contributed by atoms with Crippen LogP contribution in [0.3, 0.4) is 0 Å². The summed E-state index contributed by atoms with van der Waals surface area (Å²) in [7, 11) is 0. The highest BCUT2D eigenvalue weighted by molar-refractivity contribution is 6.04. The number of benzene rings is 1. The summed E-state index contributed by atoms with van der Waals surface area (Å²) in [4.78, 5) is 40.9. The smallest absolute Gasteiger partial charge is 0.410 e. The average molecular weight is 428 g/mol. The van der Waals surface area contributed by atoms with Crippen LogP contribution in [0.15, 0.2) is 30.9 Å². The summed E-state index contributed by atoms with van der Waals surface area (Å²) in [6, 6.07) is 5.73. The molecule has 3 rings (SSSR count). The second kappa shape index (κ2) is 9.54. The molecule has 1 aliphatic heterocycles. The summed E-state index contributed by atoms with van der Waals surface area (Å²) in [5.74, 6) is -0.305. The van der Waals surface area contributed by atoms with Crippen LogP contribution in [0.4, 0.5) is 10.5 Å². The molecule has 0 saturated heterocycles. The van der Waals surface area contributed by atoms with Crippen molar-refractivity contribution in [2.45, 2.75) is 64.5 Å². The maximum absolute atomic E-state index is 12.8. The molecule has 7 heteroatoms. The lowest BCUT2D eigenvalue weighted by molar-refractivity contribution is -0.114. The van der Waals surface area contributed by atoms with Crippen molar-refractivity contribution in [2.24, 2.45) is 0 Å². The predicted octanol–water partition coefficient (Wildman–Crippen LogP) is 3.67. The third kappa shape index (κ3) is 5.87. The molecular weight excluding hydrogens is 394 g/mol. The van der Waals surface area contributed by atoms with E-state index < -0.39 is 5.60 Å². The van der Waals surface area contributed by atoms with Gasteiger partial charge in [0.1, 0.15) is 5.60 Å². The number of fused-ring (bicyclic) bond motifs is 1. The van der Waals surface area contributed by atoms with Gasteiger partial charge in [-0.25, -0.2) is 4.79 Å². The largest absolute Gasteiger partial charge is 0.444 e. The summed E-state index contributed by atoms with van der Waals surface area (Å²) < 4.78 is 5.51. The lowest BCUT2D eigenvalue weighted by Crippen LogP contribution is -2.40. The van der Waals surface area contributed by atoms with E-state index in [-0.39, 0.29) is 23.9 Å². The average Bonchev–Trinajstić information content (AvgIpc) is 3.55. The topological polar surface area (TPSA) is 79.0 Å². The Hall–Kier alpha value is -2.83. The Bertz CT molecular complexity index is 855. The monoisotopic (exact) mass is 427 g/mol. The maximum Gasteiger partial charge on any atom is 0.410 e. The molecular formula is C24H33N3O4. The fraction of sp³-hybridized carbons (Fsp3) is 0.542. The quantitative estimate of drug-likeness (QED) is 0.532. The Kier molecular flexibility index (Phi) is 7.03. The number of rotatable bonds is 7. The summed E-state index contributed by atoms with van der Waals surface area (Å²) >= 11 is 0. The Labute approximate surface area is 184 Å². The molecule has 0 bridgehead atoms. The molecule has 31 heavy (non-hydrogen) atoms. The first-order chi connectivity index (χ1) is 14.7. The molecule has 168 valence electrons. The first-order valence-corrected chi connectivity index (χ1v) is 11.0. The van der Waals surface area contributed by atoms with Gasteiger partial charge in [-0.15, -0.1) is 0 Å². The molecule has 2 aliphatic rings. The highest BCUT2D eigenvalue weighted by Gasteiger charge is 2.34. The first kappa shape index (κ1) is 22.8. The minimum atomic E-state index is -0.522. The van der Waals surface area contributed by atoms with Crippen molar-refractivity contribution in [3.05, 3.63) is 42.0 Å². The van der Waals surface area contributed by atoms with E-state index in [1.165, 1.54) is 6.08 Å². The zero-order valence-corrected chi connectivity index (χ0v) is 18.8. The van der Waals surface area contributed by atoms with Crippen molar-refractivity contribution in [3.8, 4) is 0 Å². The molecule has 1 heterocycles. The van der Waals surface area contributed by atoms with Gasteiger partial charge in [-0.2, -0.15) is 0 Å². The minimum Gasteiger partial charge on any atom is -0.444 e. The van der Waals surface area contributed by atoms with Gasteiger partial charge >= 0.3 is 6.09 Å². The molecule has 3 amide bonds. The first-order valence-electron chi connectivity index (χ1n) is 11.0. The molecule has 1 fully saturated rings. The van der Waals surface area contributed by atoms with Gasteiger partial charge in [0.25, 0.3) is 5.91 Å². The zero-order chi connectivity index (χ0) is 22.6. The van der Waals surface area contributed by atoms with E-state index in [2.05, 4.69) is 11.9 Å². The highest BCUT2D eigenvalue weighted by Crippen LogP contribution is 2.30. The van der Waals surface area contributed by atoms with Crippen molar-refractivity contribution >= 4 is 23.6 Å². The molecule has 0 atom stereocenters. The van der Waals surface area contributed by atoms with E-state index in [9.17, 15) is 14.4 Å². The third-order valence-corrected chi connectivity index (χ3v) is 5.41. The van der Waals surface area contributed by atoms with Gasteiger partial charge in [0.05, 0.1) is 0 Å². The Balaban J connectivity index is 1.57. The molecule has 0 radical (unpaired) electrons. The van der Waals surface area contributed by atoms with Crippen molar-refractivity contribution in [2.75, 3.05) is 24.5 Å². The summed E-state index contributed by atoms with van der Waals surface area (Å²) in [5.41, 5.74) is 1.76. The number of nitrogens with zero attached hydrogens (tertiary/aromatic N) is 2. The van der Waals surface area contributed by atoms with Gasteiger partial charge in [-0.1, -0.05) is 12.6 Å². The lowest BCUT2D eigenvalue weighted by atomic mass is 9.95. The van der Waals surface area contributed by atoms with E-state index in [4.69, 9.17) is 4.74 Å². The Morgan fingerprint density at radius 2 is 2.03 bits per heavy atom. The van der Waals surface area contributed by atoms with Crippen LogP contribution in [0.1, 0.15) is 62.4 Å². The van der Waals surface area contributed by atoms with Gasteiger partial charge in [0.2, 0.25) is 5.91 Å². The van der Waals surface area contributed by atoms with Gasteiger partial charge in [-0.3, -0.25) is 9.59 Å². The molecule has 1 aromatic carbocycles. The van der Waals surface area contributed by atoms with Crippen molar-refractivity contribution < 1.29 is 19.1 Å². The second-order valence-electron chi connectivity index (χ2n) is 9.12. The van der Waals surface area contributed by atoms with Crippen LogP contribution in [0.5, 0.6) is 0 Å². The van der Waals surface area contributed by atoms with E-state index in [0.29, 0.717) is 31.6 Å².